The largest absolute Gasteiger partial charge is 0.495 e. The number of ether oxygens (including phenoxy) is 1. The van der Waals surface area contributed by atoms with E-state index in [4.69, 9.17) is 10.5 Å². The molecule has 0 aliphatic heterocycles. The first-order valence-corrected chi connectivity index (χ1v) is 8.22. The van der Waals surface area contributed by atoms with Gasteiger partial charge in [-0.05, 0) is 37.6 Å². The number of anilines is 1. The van der Waals surface area contributed by atoms with Crippen molar-refractivity contribution in [3.63, 3.8) is 0 Å². The second-order valence-electron chi connectivity index (χ2n) is 5.75. The van der Waals surface area contributed by atoms with Crippen LogP contribution in [0.3, 0.4) is 0 Å². The average molecular weight is 341 g/mol. The summed E-state index contributed by atoms with van der Waals surface area (Å²) in [6.07, 6.45) is 2.08. The van der Waals surface area contributed by atoms with Gasteiger partial charge in [-0.15, -0.1) is 0 Å². The van der Waals surface area contributed by atoms with Crippen LogP contribution in [0, 0.1) is 6.92 Å². The van der Waals surface area contributed by atoms with Crippen molar-refractivity contribution in [2.24, 2.45) is 5.73 Å². The number of benzene rings is 1. The molecule has 0 spiro atoms. The van der Waals surface area contributed by atoms with Crippen LogP contribution in [0.2, 0.25) is 0 Å². The zero-order chi connectivity index (χ0) is 18.4. The van der Waals surface area contributed by atoms with Crippen molar-refractivity contribution in [1.29, 1.82) is 0 Å². The molecular formula is C19H23N3O3. The van der Waals surface area contributed by atoms with Crippen molar-refractivity contribution < 1.29 is 14.3 Å². The highest BCUT2D eigenvalue weighted by Gasteiger charge is 2.21. The van der Waals surface area contributed by atoms with Gasteiger partial charge < -0.3 is 15.8 Å². The average Bonchev–Trinajstić information content (AvgIpc) is 2.59. The smallest absolute Gasteiger partial charge is 0.249 e. The highest BCUT2D eigenvalue weighted by atomic mass is 16.5. The summed E-state index contributed by atoms with van der Waals surface area (Å²) in [6.45, 7) is 3.87. The molecule has 0 radical (unpaired) electrons. The van der Waals surface area contributed by atoms with Gasteiger partial charge in [0.1, 0.15) is 5.75 Å². The second-order valence-corrected chi connectivity index (χ2v) is 5.75. The third-order valence-corrected chi connectivity index (χ3v) is 3.82. The van der Waals surface area contributed by atoms with Gasteiger partial charge >= 0.3 is 0 Å². The Bertz CT molecular complexity index is 787. The van der Waals surface area contributed by atoms with Crippen LogP contribution in [0.5, 0.6) is 5.75 Å². The Balaban J connectivity index is 2.63. The predicted octanol–water partition coefficient (Wildman–Crippen LogP) is 3.29. The minimum absolute atomic E-state index is 0.143. The lowest BCUT2D eigenvalue weighted by molar-refractivity contribution is -0.116. The first-order chi connectivity index (χ1) is 12.0. The van der Waals surface area contributed by atoms with E-state index in [0.29, 0.717) is 29.1 Å². The molecule has 0 unspecified atom stereocenters. The molecule has 0 aliphatic rings. The molecule has 0 aliphatic carbocycles. The number of aryl methyl sites for hydroxylation is 1. The molecule has 0 atom stereocenters. The number of unbranched alkanes of at least 4 members (excludes halogenated alkanes) is 1. The Labute approximate surface area is 147 Å². The first kappa shape index (κ1) is 18.4. The Morgan fingerprint density at radius 1 is 1.24 bits per heavy atom. The quantitative estimate of drug-likeness (QED) is 0.808. The standard InChI is InChI=1S/C19H23N3O3/c1-4-5-9-16(23)22-18-15(25-3)11-10-13(19(20)24)17(18)14-8-6-7-12(2)21-14/h6-8,10-11H,4-5,9H2,1-3H3,(H2,20,24)(H,22,23). The maximum absolute atomic E-state index is 12.3. The number of rotatable bonds is 7. The van der Waals surface area contributed by atoms with Gasteiger partial charge in [-0.1, -0.05) is 19.4 Å². The highest BCUT2D eigenvalue weighted by molar-refractivity contribution is 6.07. The van der Waals surface area contributed by atoms with E-state index in [1.54, 1.807) is 18.2 Å². The van der Waals surface area contributed by atoms with E-state index in [2.05, 4.69) is 10.3 Å². The summed E-state index contributed by atoms with van der Waals surface area (Å²) in [5, 5.41) is 2.87. The van der Waals surface area contributed by atoms with Crippen molar-refractivity contribution in [1.82, 2.24) is 4.98 Å². The zero-order valence-corrected chi connectivity index (χ0v) is 14.8. The molecule has 3 N–H and O–H groups in total. The molecule has 2 rings (SSSR count). The lowest BCUT2D eigenvalue weighted by atomic mass is 9.99. The Morgan fingerprint density at radius 2 is 2.00 bits per heavy atom. The van der Waals surface area contributed by atoms with E-state index >= 15 is 0 Å². The fourth-order valence-electron chi connectivity index (χ4n) is 2.57. The number of nitrogens with one attached hydrogen (secondary N) is 1. The predicted molar refractivity (Wildman–Crippen MR) is 97.6 cm³/mol. The molecule has 0 saturated carbocycles. The number of nitrogens with two attached hydrogens (primary N) is 1. The molecule has 1 heterocycles. The van der Waals surface area contributed by atoms with Gasteiger partial charge in [0.05, 0.1) is 24.1 Å². The van der Waals surface area contributed by atoms with E-state index < -0.39 is 5.91 Å². The van der Waals surface area contributed by atoms with Crippen LogP contribution in [0.1, 0.15) is 42.2 Å². The summed E-state index contributed by atoms with van der Waals surface area (Å²) in [5.41, 5.74) is 8.06. The first-order valence-electron chi connectivity index (χ1n) is 8.22. The van der Waals surface area contributed by atoms with E-state index in [9.17, 15) is 9.59 Å². The summed E-state index contributed by atoms with van der Waals surface area (Å²) in [4.78, 5) is 28.7. The van der Waals surface area contributed by atoms with Crippen LogP contribution in [0.15, 0.2) is 30.3 Å². The summed E-state index contributed by atoms with van der Waals surface area (Å²) in [5.74, 6) is -0.283. The van der Waals surface area contributed by atoms with Crippen molar-refractivity contribution in [2.75, 3.05) is 12.4 Å². The SMILES string of the molecule is CCCCC(=O)Nc1c(OC)ccc(C(N)=O)c1-c1cccc(C)n1. The van der Waals surface area contributed by atoms with Crippen LogP contribution in [0.25, 0.3) is 11.3 Å². The summed E-state index contributed by atoms with van der Waals surface area (Å²) in [7, 11) is 1.51. The Morgan fingerprint density at radius 3 is 2.60 bits per heavy atom. The van der Waals surface area contributed by atoms with Gasteiger partial charge in [0, 0.05) is 17.7 Å². The third-order valence-electron chi connectivity index (χ3n) is 3.82. The number of primary amides is 1. The summed E-state index contributed by atoms with van der Waals surface area (Å²) in [6, 6.07) is 8.67. The number of methoxy groups -OCH3 is 1. The number of carbonyl (C=O) groups is 2. The van der Waals surface area contributed by atoms with E-state index in [0.717, 1.165) is 18.5 Å². The second kappa shape index (κ2) is 8.28. The van der Waals surface area contributed by atoms with Gasteiger partial charge in [-0.3, -0.25) is 14.6 Å². The van der Waals surface area contributed by atoms with Gasteiger partial charge in [0.25, 0.3) is 0 Å². The van der Waals surface area contributed by atoms with Gasteiger partial charge in [0.2, 0.25) is 11.8 Å². The van der Waals surface area contributed by atoms with Crippen LogP contribution < -0.4 is 15.8 Å². The number of hydrogen-bond acceptors (Lipinski definition) is 4. The molecule has 132 valence electrons. The van der Waals surface area contributed by atoms with Crippen LogP contribution in [-0.2, 0) is 4.79 Å². The summed E-state index contributed by atoms with van der Waals surface area (Å²) >= 11 is 0. The van der Waals surface area contributed by atoms with Gasteiger partial charge in [-0.2, -0.15) is 0 Å². The number of carbonyl (C=O) groups excluding carboxylic acids is 2. The minimum Gasteiger partial charge on any atom is -0.495 e. The molecule has 6 nitrogen and oxygen atoms in total. The molecule has 2 aromatic rings. The number of hydrogen-bond donors (Lipinski definition) is 2. The molecule has 0 fully saturated rings. The topological polar surface area (TPSA) is 94.3 Å². The molecule has 0 bridgehead atoms. The molecule has 25 heavy (non-hydrogen) atoms. The fourth-order valence-corrected chi connectivity index (χ4v) is 2.57. The lowest BCUT2D eigenvalue weighted by Crippen LogP contribution is -2.17. The number of nitrogens with zero attached hydrogens (tertiary/aromatic N) is 1. The molecule has 0 saturated heterocycles. The van der Waals surface area contributed by atoms with Crippen molar-refractivity contribution in [2.45, 2.75) is 33.1 Å². The maximum Gasteiger partial charge on any atom is 0.249 e. The summed E-state index contributed by atoms with van der Waals surface area (Å²) < 4.78 is 5.38. The monoisotopic (exact) mass is 341 g/mol. The Hall–Kier alpha value is -2.89. The molecule has 1 aromatic carbocycles. The number of aromatic nitrogens is 1. The van der Waals surface area contributed by atoms with Crippen molar-refractivity contribution >= 4 is 17.5 Å². The van der Waals surface area contributed by atoms with Crippen LogP contribution in [-0.4, -0.2) is 23.9 Å². The third kappa shape index (κ3) is 4.35. The van der Waals surface area contributed by atoms with Crippen molar-refractivity contribution in [3.05, 3.63) is 41.6 Å². The van der Waals surface area contributed by atoms with Gasteiger partial charge in [-0.25, -0.2) is 0 Å². The van der Waals surface area contributed by atoms with Crippen LogP contribution >= 0.6 is 0 Å². The van der Waals surface area contributed by atoms with Crippen molar-refractivity contribution in [3.8, 4) is 17.0 Å². The highest BCUT2D eigenvalue weighted by Crippen LogP contribution is 2.38. The maximum atomic E-state index is 12.3. The number of amides is 2. The minimum atomic E-state index is -0.593. The Kier molecular flexibility index (Phi) is 6.11. The zero-order valence-electron chi connectivity index (χ0n) is 14.8. The fraction of sp³-hybridized carbons (Fsp3) is 0.316. The lowest BCUT2D eigenvalue weighted by Gasteiger charge is -2.17. The number of pyridine rings is 1. The van der Waals surface area contributed by atoms with E-state index in [1.165, 1.54) is 7.11 Å². The van der Waals surface area contributed by atoms with Crippen LogP contribution in [0.4, 0.5) is 5.69 Å². The molecule has 1 aromatic heterocycles. The van der Waals surface area contributed by atoms with E-state index in [1.807, 2.05) is 26.0 Å². The van der Waals surface area contributed by atoms with Gasteiger partial charge in [0.15, 0.2) is 0 Å². The molecular weight excluding hydrogens is 318 g/mol. The molecule has 2 amide bonds. The molecule has 6 heteroatoms. The van der Waals surface area contributed by atoms with E-state index in [-0.39, 0.29) is 11.5 Å². The normalized spacial score (nSPS) is 10.4.